The number of hydrogen-bond donors (Lipinski definition) is 3. The van der Waals surface area contributed by atoms with Crippen LogP contribution in [0.5, 0.6) is 0 Å². The number of anilines is 1. The van der Waals surface area contributed by atoms with Crippen LogP contribution in [0.25, 0.3) is 16.6 Å². The highest BCUT2D eigenvalue weighted by Crippen LogP contribution is 2.21. The number of aryl methyl sites for hydroxylation is 2. The van der Waals surface area contributed by atoms with Gasteiger partial charge in [0.25, 0.3) is 0 Å². The predicted octanol–water partition coefficient (Wildman–Crippen LogP) is 5.63. The lowest BCUT2D eigenvalue weighted by atomic mass is 10.1. The van der Waals surface area contributed by atoms with Gasteiger partial charge in [-0.3, -0.25) is 4.79 Å². The maximum Gasteiger partial charge on any atom is 0.224 e. The maximum atomic E-state index is 11.5. The van der Waals surface area contributed by atoms with Crippen LogP contribution in [0.2, 0.25) is 0 Å². The monoisotopic (exact) mass is 434 g/mol. The van der Waals surface area contributed by atoms with Gasteiger partial charge in [-0.25, -0.2) is 4.98 Å². The van der Waals surface area contributed by atoms with Crippen molar-refractivity contribution in [3.8, 4) is 0 Å². The Kier molecular flexibility index (Phi) is 9.22. The number of nitrogens with zero attached hydrogens (tertiary/aromatic N) is 1. The molecule has 2 heterocycles. The molecule has 2 aromatic heterocycles. The standard InChI is InChI=1S/C15H20N2O.C11H14N2O/c1-4-6-15(18)17-14-8-5-7-13(10-14)11(2)9-12(3)16;1-7-4-9-8(2)10(6-14-3)13-11(9)12-5-7/h5,7-10H,3-4,6,16H2,1-2H3,(H,17,18);4-5H,6H2,1-3H3,(H,12,13)/b11-9+;. The second-order valence-electron chi connectivity index (χ2n) is 7.85. The molecule has 3 rings (SSSR count). The zero-order valence-corrected chi connectivity index (χ0v) is 19.7. The quantitative estimate of drug-likeness (QED) is 0.420. The fourth-order valence-corrected chi connectivity index (χ4v) is 3.30. The first-order valence-corrected chi connectivity index (χ1v) is 10.7. The molecule has 0 bridgehead atoms. The summed E-state index contributed by atoms with van der Waals surface area (Å²) in [5.74, 6) is 0.0412. The van der Waals surface area contributed by atoms with Gasteiger partial charge in [-0.1, -0.05) is 25.6 Å². The molecule has 0 unspecified atom stereocenters. The number of nitrogens with two attached hydrogens (primary N) is 1. The Balaban J connectivity index is 0.000000233. The number of carbonyl (C=O) groups is 1. The second-order valence-corrected chi connectivity index (χ2v) is 7.85. The number of fused-ring (bicyclic) bond motifs is 1. The first-order chi connectivity index (χ1) is 15.2. The molecule has 0 radical (unpaired) electrons. The van der Waals surface area contributed by atoms with Crippen molar-refractivity contribution in [3.05, 3.63) is 77.3 Å². The molecule has 4 N–H and O–H groups in total. The van der Waals surface area contributed by atoms with Crippen LogP contribution in [0.4, 0.5) is 5.69 Å². The molecule has 6 nitrogen and oxygen atoms in total. The SMILES string of the molecule is C=C(N)/C=C(\C)c1cccc(NC(=O)CCC)c1.COCc1[nH]c2ncc(C)cc2c1C. The molecule has 170 valence electrons. The molecule has 0 atom stereocenters. The van der Waals surface area contributed by atoms with Crippen molar-refractivity contribution in [2.24, 2.45) is 5.73 Å². The van der Waals surface area contributed by atoms with Gasteiger partial charge in [0.2, 0.25) is 5.91 Å². The van der Waals surface area contributed by atoms with Gasteiger partial charge in [-0.2, -0.15) is 0 Å². The molecule has 0 spiro atoms. The van der Waals surface area contributed by atoms with Crippen LogP contribution < -0.4 is 11.1 Å². The van der Waals surface area contributed by atoms with E-state index in [-0.39, 0.29) is 5.91 Å². The number of hydrogen-bond acceptors (Lipinski definition) is 4. The van der Waals surface area contributed by atoms with Gasteiger partial charge in [0.15, 0.2) is 0 Å². The Hall–Kier alpha value is -3.38. The van der Waals surface area contributed by atoms with Crippen molar-refractivity contribution in [3.63, 3.8) is 0 Å². The summed E-state index contributed by atoms with van der Waals surface area (Å²) in [4.78, 5) is 19.1. The number of H-pyrrole nitrogens is 1. The molecule has 6 heteroatoms. The molecular formula is C26H34N4O2. The third kappa shape index (κ3) is 7.10. The number of aromatic amines is 1. The van der Waals surface area contributed by atoms with E-state index in [1.165, 1.54) is 16.5 Å². The topological polar surface area (TPSA) is 93.0 Å². The van der Waals surface area contributed by atoms with Gasteiger partial charge < -0.3 is 20.8 Å². The molecule has 0 aliphatic rings. The molecule has 0 aliphatic heterocycles. The van der Waals surface area contributed by atoms with Crippen LogP contribution in [0, 0.1) is 13.8 Å². The Morgan fingerprint density at radius 2 is 2.06 bits per heavy atom. The van der Waals surface area contributed by atoms with Crippen molar-refractivity contribution in [2.45, 2.75) is 47.1 Å². The number of methoxy groups -OCH3 is 1. The van der Waals surface area contributed by atoms with Crippen LogP contribution in [0.3, 0.4) is 0 Å². The highest BCUT2D eigenvalue weighted by atomic mass is 16.5. The maximum absolute atomic E-state index is 11.5. The summed E-state index contributed by atoms with van der Waals surface area (Å²) < 4.78 is 5.11. The predicted molar refractivity (Wildman–Crippen MR) is 133 cm³/mol. The van der Waals surface area contributed by atoms with Gasteiger partial charge in [-0.05, 0) is 73.7 Å². The number of nitrogens with one attached hydrogen (secondary N) is 2. The molecule has 1 amide bonds. The van der Waals surface area contributed by atoms with Crippen LogP contribution in [-0.2, 0) is 16.1 Å². The van der Waals surface area contributed by atoms with Crippen LogP contribution in [-0.4, -0.2) is 23.0 Å². The number of rotatable bonds is 7. The van der Waals surface area contributed by atoms with Gasteiger partial charge in [0.05, 0.1) is 6.61 Å². The zero-order valence-electron chi connectivity index (χ0n) is 19.7. The normalized spacial score (nSPS) is 11.1. The van der Waals surface area contributed by atoms with E-state index < -0.39 is 0 Å². The Morgan fingerprint density at radius 3 is 2.72 bits per heavy atom. The third-order valence-corrected chi connectivity index (χ3v) is 4.92. The first-order valence-electron chi connectivity index (χ1n) is 10.7. The van der Waals surface area contributed by atoms with Crippen LogP contribution >= 0.6 is 0 Å². The minimum Gasteiger partial charge on any atom is -0.399 e. The summed E-state index contributed by atoms with van der Waals surface area (Å²) in [6.07, 6.45) is 5.07. The van der Waals surface area contributed by atoms with Gasteiger partial charge in [0, 0.05) is 42.2 Å². The Labute approximate surface area is 190 Å². The van der Waals surface area contributed by atoms with Crippen molar-refractivity contribution in [1.29, 1.82) is 0 Å². The third-order valence-electron chi connectivity index (χ3n) is 4.92. The number of amides is 1. The van der Waals surface area contributed by atoms with Crippen molar-refractivity contribution < 1.29 is 9.53 Å². The summed E-state index contributed by atoms with van der Waals surface area (Å²) >= 11 is 0. The highest BCUT2D eigenvalue weighted by Gasteiger charge is 2.07. The van der Waals surface area contributed by atoms with Crippen molar-refractivity contribution in [2.75, 3.05) is 12.4 Å². The number of carbonyl (C=O) groups excluding carboxylic acids is 1. The van der Waals surface area contributed by atoms with Crippen LogP contribution in [0.15, 0.2) is 54.9 Å². The molecule has 3 aromatic rings. The summed E-state index contributed by atoms with van der Waals surface area (Å²) in [5, 5.41) is 4.06. The fourth-order valence-electron chi connectivity index (χ4n) is 3.30. The summed E-state index contributed by atoms with van der Waals surface area (Å²) in [7, 11) is 1.70. The minimum atomic E-state index is 0.0412. The first kappa shape index (κ1) is 24.9. The summed E-state index contributed by atoms with van der Waals surface area (Å²) in [6, 6.07) is 9.84. The average Bonchev–Trinajstić information content (AvgIpc) is 3.04. The lowest BCUT2D eigenvalue weighted by Gasteiger charge is -2.07. The largest absolute Gasteiger partial charge is 0.399 e. The van der Waals surface area contributed by atoms with E-state index in [1.54, 1.807) is 7.11 Å². The Bertz CT molecular complexity index is 1110. The van der Waals surface area contributed by atoms with Gasteiger partial charge in [0.1, 0.15) is 5.65 Å². The number of allylic oxidation sites excluding steroid dienone is 2. The van der Waals surface area contributed by atoms with Crippen LogP contribution in [0.1, 0.15) is 49.1 Å². The van der Waals surface area contributed by atoms with E-state index in [4.69, 9.17) is 10.5 Å². The van der Waals surface area contributed by atoms with Crippen molar-refractivity contribution >= 4 is 28.2 Å². The zero-order chi connectivity index (χ0) is 23.7. The van der Waals surface area contributed by atoms with E-state index in [0.717, 1.165) is 34.6 Å². The van der Waals surface area contributed by atoms with Crippen molar-refractivity contribution in [1.82, 2.24) is 9.97 Å². The highest BCUT2D eigenvalue weighted by molar-refractivity contribution is 5.91. The summed E-state index contributed by atoms with van der Waals surface area (Å²) in [6.45, 7) is 12.3. The van der Waals surface area contributed by atoms with E-state index in [2.05, 4.69) is 41.8 Å². The van der Waals surface area contributed by atoms with E-state index in [9.17, 15) is 4.79 Å². The molecule has 0 fully saturated rings. The molecule has 0 aliphatic carbocycles. The molecule has 0 saturated heterocycles. The van der Waals surface area contributed by atoms with E-state index in [0.29, 0.717) is 18.7 Å². The van der Waals surface area contributed by atoms with E-state index >= 15 is 0 Å². The second kappa shape index (κ2) is 11.9. The number of benzene rings is 1. The Morgan fingerprint density at radius 1 is 1.31 bits per heavy atom. The number of ether oxygens (including phenoxy) is 1. The molecular weight excluding hydrogens is 400 g/mol. The minimum absolute atomic E-state index is 0.0412. The average molecular weight is 435 g/mol. The molecule has 32 heavy (non-hydrogen) atoms. The molecule has 0 saturated carbocycles. The lowest BCUT2D eigenvalue weighted by Crippen LogP contribution is -2.10. The van der Waals surface area contributed by atoms with Gasteiger partial charge >= 0.3 is 0 Å². The number of aromatic nitrogens is 2. The molecule has 1 aromatic carbocycles. The smallest absolute Gasteiger partial charge is 0.224 e. The summed E-state index contributed by atoms with van der Waals surface area (Å²) in [5.41, 5.74) is 13.4. The fraction of sp³-hybridized carbons (Fsp3) is 0.308. The lowest BCUT2D eigenvalue weighted by molar-refractivity contribution is -0.116. The van der Waals surface area contributed by atoms with E-state index in [1.807, 2.05) is 50.4 Å². The van der Waals surface area contributed by atoms with Gasteiger partial charge in [-0.15, -0.1) is 0 Å². The number of pyridine rings is 1.